The fourth-order valence-electron chi connectivity index (χ4n) is 4.45. The summed E-state index contributed by atoms with van der Waals surface area (Å²) in [6.45, 7) is 1.65. The molecule has 2 aromatic carbocycles. The molecule has 0 spiro atoms. The van der Waals surface area contributed by atoms with Gasteiger partial charge in [-0.1, -0.05) is 46.6 Å². The molecule has 4 aromatic rings. The van der Waals surface area contributed by atoms with Gasteiger partial charge in [-0.3, -0.25) is 0 Å². The quantitative estimate of drug-likeness (QED) is 0.192. The van der Waals surface area contributed by atoms with E-state index < -0.39 is 17.8 Å². The second kappa shape index (κ2) is 11.6. The van der Waals surface area contributed by atoms with E-state index in [4.69, 9.17) is 37.2 Å². The zero-order chi connectivity index (χ0) is 29.3. The summed E-state index contributed by atoms with van der Waals surface area (Å²) in [4.78, 5) is 15.6. The molecule has 0 unspecified atom stereocenters. The van der Waals surface area contributed by atoms with Gasteiger partial charge in [-0.15, -0.1) is 0 Å². The normalized spacial score (nSPS) is 13.2. The van der Waals surface area contributed by atoms with Crippen molar-refractivity contribution in [2.45, 2.75) is 45.0 Å². The van der Waals surface area contributed by atoms with Crippen LogP contribution in [0.25, 0.3) is 11.3 Å². The molecule has 0 aliphatic heterocycles. The summed E-state index contributed by atoms with van der Waals surface area (Å²) in [5, 5.41) is 7.68. The van der Waals surface area contributed by atoms with Crippen LogP contribution < -0.4 is 10.1 Å². The number of aromatic nitrogens is 2. The van der Waals surface area contributed by atoms with Crippen molar-refractivity contribution in [2.75, 3.05) is 12.4 Å². The van der Waals surface area contributed by atoms with Gasteiger partial charge in [0.1, 0.15) is 18.1 Å². The summed E-state index contributed by atoms with van der Waals surface area (Å²) in [5.41, 5.74) is 1.76. The van der Waals surface area contributed by atoms with Crippen molar-refractivity contribution in [3.8, 4) is 17.1 Å². The van der Waals surface area contributed by atoms with Gasteiger partial charge in [0, 0.05) is 24.1 Å². The Hall–Kier alpha value is -3.76. The number of rotatable bonds is 9. The smallest absolute Gasteiger partial charge is 0.435 e. The number of nitrogens with one attached hydrogen (secondary N) is 1. The Bertz CT molecular complexity index is 1580. The van der Waals surface area contributed by atoms with Crippen LogP contribution >= 0.6 is 23.2 Å². The monoisotopic (exact) mass is 605 g/mol. The van der Waals surface area contributed by atoms with Crippen molar-refractivity contribution >= 4 is 34.9 Å². The Morgan fingerprint density at radius 3 is 2.49 bits per heavy atom. The molecule has 1 aliphatic carbocycles. The van der Waals surface area contributed by atoms with Gasteiger partial charge in [0.05, 0.1) is 34.0 Å². The average Bonchev–Trinajstić information content (AvgIpc) is 3.70. The molecule has 214 valence electrons. The third kappa shape index (κ3) is 6.28. The topological polar surface area (TPSA) is 86.5 Å². The molecule has 1 saturated carbocycles. The van der Waals surface area contributed by atoms with Crippen LogP contribution in [0.2, 0.25) is 10.0 Å². The number of methoxy groups -OCH3 is 1. The predicted octanol–water partition coefficient (Wildman–Crippen LogP) is 8.23. The first-order chi connectivity index (χ1) is 19.6. The third-order valence-corrected chi connectivity index (χ3v) is 7.28. The van der Waals surface area contributed by atoms with Gasteiger partial charge in [0.2, 0.25) is 5.88 Å². The summed E-state index contributed by atoms with van der Waals surface area (Å²) in [5.74, 6) is 0.0320. The average molecular weight is 606 g/mol. The van der Waals surface area contributed by atoms with E-state index in [1.54, 1.807) is 43.3 Å². The lowest BCUT2D eigenvalue weighted by molar-refractivity contribution is -0.140. The van der Waals surface area contributed by atoms with E-state index in [0.717, 1.165) is 12.8 Å². The molecule has 12 heteroatoms. The summed E-state index contributed by atoms with van der Waals surface area (Å²) in [6, 6.07) is 12.6. The van der Waals surface area contributed by atoms with Gasteiger partial charge in [-0.2, -0.15) is 13.2 Å². The number of esters is 1. The van der Waals surface area contributed by atoms with Crippen LogP contribution in [0.3, 0.4) is 0 Å². The first kappa shape index (κ1) is 28.8. The number of hydrogen-bond acceptors (Lipinski definition) is 7. The molecular weight excluding hydrogens is 582 g/mol. The van der Waals surface area contributed by atoms with Gasteiger partial charge < -0.3 is 19.3 Å². The van der Waals surface area contributed by atoms with E-state index in [2.05, 4.69) is 15.5 Å². The fraction of sp³-hybridized carbons (Fsp3) is 0.276. The molecule has 5 rings (SSSR count). The molecule has 7 nitrogen and oxygen atoms in total. The van der Waals surface area contributed by atoms with Gasteiger partial charge in [-0.25, -0.2) is 9.78 Å². The Morgan fingerprint density at radius 1 is 1.12 bits per heavy atom. The van der Waals surface area contributed by atoms with Crippen LogP contribution in [-0.2, 0) is 24.1 Å². The van der Waals surface area contributed by atoms with E-state index in [1.807, 2.05) is 0 Å². The van der Waals surface area contributed by atoms with E-state index in [1.165, 1.54) is 19.2 Å². The molecule has 0 atom stereocenters. The lowest BCUT2D eigenvalue weighted by atomic mass is 10.0. The Labute approximate surface area is 243 Å². The summed E-state index contributed by atoms with van der Waals surface area (Å²) in [7, 11) is 1.28. The number of aryl methyl sites for hydroxylation is 1. The van der Waals surface area contributed by atoms with Crippen LogP contribution in [0.5, 0.6) is 5.88 Å². The molecule has 0 saturated heterocycles. The standard InChI is InChI=1S/C29H24Cl2F3N3O4/c1-15-12-16(6-9-18(15)28(38)39-2)13-35-22-10-11-23(36-27(22)29(32,33)34)40-14-19-25(37-41-26(19)17-7-8-17)24-20(30)4-3-5-21(24)31/h3-6,9-12,17,35H,7-8,13-14H2,1-2H3. The van der Waals surface area contributed by atoms with Gasteiger partial charge >= 0.3 is 12.1 Å². The maximum atomic E-state index is 14.0. The maximum absolute atomic E-state index is 14.0. The lowest BCUT2D eigenvalue weighted by Gasteiger charge is -2.16. The molecular formula is C29H24Cl2F3N3O4. The maximum Gasteiger partial charge on any atom is 0.435 e. The number of carbonyl (C=O) groups excluding carboxylic acids is 1. The van der Waals surface area contributed by atoms with Crippen LogP contribution in [0.1, 0.15) is 57.3 Å². The molecule has 1 fully saturated rings. The zero-order valence-corrected chi connectivity index (χ0v) is 23.5. The van der Waals surface area contributed by atoms with Crippen molar-refractivity contribution in [3.63, 3.8) is 0 Å². The van der Waals surface area contributed by atoms with E-state index in [0.29, 0.717) is 49.3 Å². The number of alkyl halides is 3. The first-order valence-electron chi connectivity index (χ1n) is 12.6. The summed E-state index contributed by atoms with van der Waals surface area (Å²) < 4.78 is 58.1. The summed E-state index contributed by atoms with van der Waals surface area (Å²) in [6.07, 6.45) is -2.95. The molecule has 1 N–H and O–H groups in total. The molecule has 0 bridgehead atoms. The van der Waals surface area contributed by atoms with Gasteiger partial charge in [0.25, 0.3) is 0 Å². The summed E-state index contributed by atoms with van der Waals surface area (Å²) >= 11 is 12.8. The van der Waals surface area contributed by atoms with Gasteiger partial charge in [-0.05, 0) is 55.2 Å². The Morgan fingerprint density at radius 2 is 1.85 bits per heavy atom. The molecule has 1 aliphatic rings. The number of carbonyl (C=O) groups is 1. The molecule has 0 amide bonds. The number of hydrogen-bond donors (Lipinski definition) is 1. The highest BCUT2D eigenvalue weighted by Crippen LogP contribution is 2.46. The number of pyridine rings is 1. The number of nitrogens with zero attached hydrogens (tertiary/aromatic N) is 2. The second-order valence-electron chi connectivity index (χ2n) is 9.57. The number of anilines is 1. The van der Waals surface area contributed by atoms with Crippen LogP contribution in [0, 0.1) is 6.92 Å². The van der Waals surface area contributed by atoms with Crippen LogP contribution in [-0.4, -0.2) is 23.2 Å². The Kier molecular flexibility index (Phi) is 8.15. The molecule has 0 radical (unpaired) electrons. The van der Waals surface area contributed by atoms with E-state index in [9.17, 15) is 18.0 Å². The van der Waals surface area contributed by atoms with Gasteiger partial charge in [0.15, 0.2) is 5.69 Å². The molecule has 2 aromatic heterocycles. The minimum atomic E-state index is -4.75. The van der Waals surface area contributed by atoms with Crippen molar-refractivity contribution in [2.24, 2.45) is 0 Å². The highest BCUT2D eigenvalue weighted by molar-refractivity contribution is 6.39. The predicted molar refractivity (Wildman–Crippen MR) is 147 cm³/mol. The zero-order valence-electron chi connectivity index (χ0n) is 21.9. The van der Waals surface area contributed by atoms with Crippen molar-refractivity contribution in [1.29, 1.82) is 0 Å². The largest absolute Gasteiger partial charge is 0.473 e. The van der Waals surface area contributed by atoms with Crippen molar-refractivity contribution in [3.05, 3.63) is 92.3 Å². The van der Waals surface area contributed by atoms with Crippen LogP contribution in [0.15, 0.2) is 53.1 Å². The molecule has 2 heterocycles. The van der Waals surface area contributed by atoms with Crippen molar-refractivity contribution < 1.29 is 32.0 Å². The minimum Gasteiger partial charge on any atom is -0.473 e. The minimum absolute atomic E-state index is 0.0701. The fourth-order valence-corrected chi connectivity index (χ4v) is 5.02. The van der Waals surface area contributed by atoms with Crippen molar-refractivity contribution in [1.82, 2.24) is 10.1 Å². The van der Waals surface area contributed by atoms with E-state index >= 15 is 0 Å². The highest BCUT2D eigenvalue weighted by Gasteiger charge is 2.37. The van der Waals surface area contributed by atoms with E-state index in [-0.39, 0.29) is 30.6 Å². The number of ether oxygens (including phenoxy) is 2. The second-order valence-corrected chi connectivity index (χ2v) is 10.4. The van der Waals surface area contributed by atoms with Crippen LogP contribution in [0.4, 0.5) is 18.9 Å². The lowest BCUT2D eigenvalue weighted by Crippen LogP contribution is -2.14. The number of halogens is 5. The first-order valence-corrected chi connectivity index (χ1v) is 13.4. The number of benzene rings is 2. The SMILES string of the molecule is COC(=O)c1ccc(CNc2ccc(OCc3c(-c4c(Cl)cccc4Cl)noc3C3CC3)nc2C(F)(F)F)cc1C. The molecule has 41 heavy (non-hydrogen) atoms. The Balaban J connectivity index is 1.37. The highest BCUT2D eigenvalue weighted by atomic mass is 35.5. The third-order valence-electron chi connectivity index (χ3n) is 6.65.